The van der Waals surface area contributed by atoms with Crippen LogP contribution in [0.3, 0.4) is 0 Å². The van der Waals surface area contributed by atoms with Gasteiger partial charge in [-0.05, 0) is 39.7 Å². The molecule has 4 heteroatoms. The maximum atomic E-state index is 13.5. The van der Waals surface area contributed by atoms with E-state index in [1.807, 2.05) is 0 Å². The van der Waals surface area contributed by atoms with Crippen LogP contribution in [0.1, 0.15) is 15.9 Å². The van der Waals surface area contributed by atoms with Crippen molar-refractivity contribution < 1.29 is 13.6 Å². The van der Waals surface area contributed by atoms with Crippen LogP contribution in [-0.2, 0) is 6.42 Å². The number of carbonyl (C=O) groups excluding carboxylic acids is 1. The minimum atomic E-state index is -0.511. The molecule has 0 amide bonds. The summed E-state index contributed by atoms with van der Waals surface area (Å²) in [7, 11) is 0. The molecule has 16 heavy (non-hydrogen) atoms. The molecular formula is C12H8BrFO2. The van der Waals surface area contributed by atoms with Gasteiger partial charge >= 0.3 is 0 Å². The third kappa shape index (κ3) is 2.22. The smallest absolute Gasteiger partial charge is 0.171 e. The summed E-state index contributed by atoms with van der Waals surface area (Å²) in [6.07, 6.45) is 3.10. The van der Waals surface area contributed by atoms with Crippen LogP contribution in [0.4, 0.5) is 4.39 Å². The van der Waals surface area contributed by atoms with Crippen molar-refractivity contribution in [2.45, 2.75) is 6.42 Å². The molecule has 82 valence electrons. The quantitative estimate of drug-likeness (QED) is 0.805. The maximum absolute atomic E-state index is 13.5. The first-order valence-corrected chi connectivity index (χ1v) is 5.46. The number of hydrogen-bond donors (Lipinski definition) is 0. The Labute approximate surface area is 100 Å². The molecule has 0 bridgehead atoms. The second-order valence-electron chi connectivity index (χ2n) is 3.33. The SMILES string of the molecule is O=C(Cc1ccoc1)c1c(F)cccc1Br. The predicted molar refractivity (Wildman–Crippen MR) is 60.8 cm³/mol. The molecule has 0 fully saturated rings. The van der Waals surface area contributed by atoms with E-state index in [-0.39, 0.29) is 17.8 Å². The van der Waals surface area contributed by atoms with Gasteiger partial charge in [-0.25, -0.2) is 4.39 Å². The molecule has 0 saturated carbocycles. The molecule has 0 spiro atoms. The van der Waals surface area contributed by atoms with E-state index in [1.165, 1.54) is 18.6 Å². The third-order valence-electron chi connectivity index (χ3n) is 2.19. The Hall–Kier alpha value is -1.42. The van der Waals surface area contributed by atoms with E-state index in [1.54, 1.807) is 18.2 Å². The minimum Gasteiger partial charge on any atom is -0.472 e. The lowest BCUT2D eigenvalue weighted by Crippen LogP contribution is -2.06. The first kappa shape index (κ1) is 11.1. The van der Waals surface area contributed by atoms with Crippen LogP contribution in [0.5, 0.6) is 0 Å². The van der Waals surface area contributed by atoms with Crippen LogP contribution in [0.15, 0.2) is 45.7 Å². The topological polar surface area (TPSA) is 30.2 Å². The first-order valence-electron chi connectivity index (χ1n) is 4.67. The zero-order valence-electron chi connectivity index (χ0n) is 8.24. The Morgan fingerprint density at radius 3 is 2.81 bits per heavy atom. The van der Waals surface area contributed by atoms with Crippen LogP contribution in [0.2, 0.25) is 0 Å². The number of rotatable bonds is 3. The molecule has 0 N–H and O–H groups in total. The fourth-order valence-electron chi connectivity index (χ4n) is 1.43. The van der Waals surface area contributed by atoms with Gasteiger partial charge in [0.1, 0.15) is 5.82 Å². The first-order chi connectivity index (χ1) is 7.68. The highest BCUT2D eigenvalue weighted by Crippen LogP contribution is 2.21. The number of benzene rings is 1. The molecule has 0 aliphatic rings. The zero-order chi connectivity index (χ0) is 11.5. The number of Topliss-reactive ketones (excluding diaryl/α,β-unsaturated/α-hetero) is 1. The van der Waals surface area contributed by atoms with Crippen molar-refractivity contribution in [3.8, 4) is 0 Å². The molecule has 0 radical (unpaired) electrons. The molecule has 0 unspecified atom stereocenters. The number of halogens is 2. The summed E-state index contributed by atoms with van der Waals surface area (Å²) in [6.45, 7) is 0. The van der Waals surface area contributed by atoms with Crippen LogP contribution >= 0.6 is 15.9 Å². The van der Waals surface area contributed by atoms with Gasteiger partial charge in [0.05, 0.1) is 18.1 Å². The Kier molecular flexibility index (Phi) is 3.19. The van der Waals surface area contributed by atoms with Crippen LogP contribution in [0, 0.1) is 5.82 Å². The largest absolute Gasteiger partial charge is 0.472 e. The summed E-state index contributed by atoms with van der Waals surface area (Å²) in [5.41, 5.74) is 0.823. The Morgan fingerprint density at radius 2 is 2.19 bits per heavy atom. The summed E-state index contributed by atoms with van der Waals surface area (Å²) in [4.78, 5) is 11.8. The van der Waals surface area contributed by atoms with Crippen LogP contribution in [0.25, 0.3) is 0 Å². The Morgan fingerprint density at radius 1 is 1.38 bits per heavy atom. The van der Waals surface area contributed by atoms with Gasteiger partial charge in [-0.3, -0.25) is 4.79 Å². The maximum Gasteiger partial charge on any atom is 0.171 e. The number of hydrogen-bond acceptors (Lipinski definition) is 2. The highest BCUT2D eigenvalue weighted by molar-refractivity contribution is 9.10. The van der Waals surface area contributed by atoms with Gasteiger partial charge < -0.3 is 4.42 Å². The van der Waals surface area contributed by atoms with Gasteiger partial charge in [0.2, 0.25) is 0 Å². The molecule has 2 rings (SSSR count). The molecule has 2 nitrogen and oxygen atoms in total. The van der Waals surface area contributed by atoms with Gasteiger partial charge in [0.15, 0.2) is 5.78 Å². The highest BCUT2D eigenvalue weighted by atomic mass is 79.9. The highest BCUT2D eigenvalue weighted by Gasteiger charge is 2.15. The zero-order valence-corrected chi connectivity index (χ0v) is 9.83. The van der Waals surface area contributed by atoms with E-state index in [2.05, 4.69) is 15.9 Å². The molecule has 1 heterocycles. The second-order valence-corrected chi connectivity index (χ2v) is 4.18. The molecule has 2 aromatic rings. The molecular weight excluding hydrogens is 275 g/mol. The molecule has 0 aliphatic carbocycles. The van der Waals surface area contributed by atoms with E-state index < -0.39 is 5.82 Å². The number of carbonyl (C=O) groups is 1. The van der Waals surface area contributed by atoms with Crippen molar-refractivity contribution >= 4 is 21.7 Å². The van der Waals surface area contributed by atoms with Gasteiger partial charge in [-0.15, -0.1) is 0 Å². The van der Waals surface area contributed by atoms with Crippen LogP contribution in [-0.4, -0.2) is 5.78 Å². The lowest BCUT2D eigenvalue weighted by atomic mass is 10.0. The fraction of sp³-hybridized carbons (Fsp3) is 0.0833. The lowest BCUT2D eigenvalue weighted by Gasteiger charge is -2.03. The summed E-state index contributed by atoms with van der Waals surface area (Å²) in [5.74, 6) is -0.783. The van der Waals surface area contributed by atoms with Crippen molar-refractivity contribution in [3.63, 3.8) is 0 Å². The number of ketones is 1. The lowest BCUT2D eigenvalue weighted by molar-refractivity contribution is 0.0988. The standard InChI is InChI=1S/C12H8BrFO2/c13-9-2-1-3-10(14)12(9)11(15)6-8-4-5-16-7-8/h1-5,7H,6H2. The van der Waals surface area contributed by atoms with E-state index in [0.717, 1.165) is 5.56 Å². The fourth-order valence-corrected chi connectivity index (χ4v) is 1.99. The molecule has 1 aromatic carbocycles. The Bertz CT molecular complexity index is 485. The average Bonchev–Trinajstić information content (AvgIpc) is 2.70. The van der Waals surface area contributed by atoms with E-state index >= 15 is 0 Å². The van der Waals surface area contributed by atoms with Gasteiger partial charge in [-0.2, -0.15) is 0 Å². The summed E-state index contributed by atoms with van der Waals surface area (Å²) in [6, 6.07) is 6.15. The monoisotopic (exact) mass is 282 g/mol. The number of furan rings is 1. The van der Waals surface area contributed by atoms with Gasteiger partial charge in [-0.1, -0.05) is 6.07 Å². The van der Waals surface area contributed by atoms with Crippen LogP contribution < -0.4 is 0 Å². The molecule has 1 aromatic heterocycles. The second kappa shape index (κ2) is 4.61. The van der Waals surface area contributed by atoms with Crippen molar-refractivity contribution in [2.24, 2.45) is 0 Å². The van der Waals surface area contributed by atoms with Gasteiger partial charge in [0.25, 0.3) is 0 Å². The summed E-state index contributed by atoms with van der Waals surface area (Å²) in [5, 5.41) is 0. The summed E-state index contributed by atoms with van der Waals surface area (Å²) >= 11 is 3.17. The van der Waals surface area contributed by atoms with E-state index in [0.29, 0.717) is 4.47 Å². The Balaban J connectivity index is 2.28. The normalized spacial score (nSPS) is 10.4. The van der Waals surface area contributed by atoms with Crippen molar-refractivity contribution in [1.82, 2.24) is 0 Å². The van der Waals surface area contributed by atoms with E-state index in [4.69, 9.17) is 4.42 Å². The average molecular weight is 283 g/mol. The third-order valence-corrected chi connectivity index (χ3v) is 2.85. The predicted octanol–water partition coefficient (Wildman–Crippen LogP) is 3.61. The molecule has 0 saturated heterocycles. The molecule has 0 aliphatic heterocycles. The van der Waals surface area contributed by atoms with Crippen molar-refractivity contribution in [3.05, 3.63) is 58.2 Å². The van der Waals surface area contributed by atoms with Crippen molar-refractivity contribution in [1.29, 1.82) is 0 Å². The van der Waals surface area contributed by atoms with Crippen molar-refractivity contribution in [2.75, 3.05) is 0 Å². The minimum absolute atomic E-state index is 0.0868. The summed E-state index contributed by atoms with van der Waals surface area (Å²) < 4.78 is 18.8. The van der Waals surface area contributed by atoms with E-state index in [9.17, 15) is 9.18 Å². The van der Waals surface area contributed by atoms with Gasteiger partial charge in [0, 0.05) is 10.9 Å². The molecule has 0 atom stereocenters.